The Morgan fingerprint density at radius 1 is 0.941 bits per heavy atom. The summed E-state index contributed by atoms with van der Waals surface area (Å²) >= 11 is 0. The Morgan fingerprint density at radius 3 is 2.29 bits per heavy atom. The lowest BCUT2D eigenvalue weighted by atomic mass is 9.84. The van der Waals surface area contributed by atoms with Gasteiger partial charge in [-0.3, -0.25) is 14.5 Å². The molecule has 3 aromatic rings. The van der Waals surface area contributed by atoms with E-state index in [2.05, 4.69) is 0 Å². The SMILES string of the molecule is Cc1ccc(C(C)(C)C)cc1/C(O)=C1\C(=O)C(=O)N(c2cccc(F)c2)C1c1ccccc1F. The maximum absolute atomic E-state index is 15.0. The predicted octanol–water partition coefficient (Wildman–Crippen LogP) is 6.20. The number of halogens is 2. The largest absolute Gasteiger partial charge is 0.507 e. The van der Waals surface area contributed by atoms with Gasteiger partial charge in [0.15, 0.2) is 0 Å². The molecular weight excluding hydrogens is 436 g/mol. The number of anilines is 1. The molecule has 1 amide bonds. The minimum absolute atomic E-state index is 0.0251. The molecule has 1 N–H and O–H groups in total. The first-order valence-corrected chi connectivity index (χ1v) is 10.9. The van der Waals surface area contributed by atoms with Gasteiger partial charge in [0.05, 0.1) is 11.6 Å². The van der Waals surface area contributed by atoms with E-state index < -0.39 is 35.1 Å². The zero-order chi connectivity index (χ0) is 24.8. The molecule has 1 atom stereocenters. The predicted molar refractivity (Wildman–Crippen MR) is 127 cm³/mol. The van der Waals surface area contributed by atoms with Crippen molar-refractivity contribution in [1.82, 2.24) is 0 Å². The Hall–Kier alpha value is -3.80. The van der Waals surface area contributed by atoms with E-state index in [4.69, 9.17) is 0 Å². The van der Waals surface area contributed by atoms with Gasteiger partial charge in [0.1, 0.15) is 17.4 Å². The summed E-state index contributed by atoms with van der Waals surface area (Å²) in [5.74, 6) is -3.59. The first-order chi connectivity index (χ1) is 16.0. The highest BCUT2D eigenvalue weighted by molar-refractivity contribution is 6.51. The van der Waals surface area contributed by atoms with Gasteiger partial charge in [0, 0.05) is 16.8 Å². The Labute approximate surface area is 197 Å². The van der Waals surface area contributed by atoms with Crippen LogP contribution in [-0.2, 0) is 15.0 Å². The van der Waals surface area contributed by atoms with Gasteiger partial charge < -0.3 is 5.11 Å². The van der Waals surface area contributed by atoms with Crippen LogP contribution in [0, 0.1) is 18.6 Å². The fraction of sp³-hybridized carbons (Fsp3) is 0.214. The number of amides is 1. The van der Waals surface area contributed by atoms with Gasteiger partial charge in [-0.2, -0.15) is 0 Å². The first kappa shape index (κ1) is 23.4. The number of aryl methyl sites for hydroxylation is 1. The number of carbonyl (C=O) groups excluding carboxylic acids is 2. The minimum Gasteiger partial charge on any atom is -0.507 e. The Kier molecular flexibility index (Phi) is 5.86. The number of benzene rings is 3. The van der Waals surface area contributed by atoms with Crippen LogP contribution in [0.4, 0.5) is 14.5 Å². The van der Waals surface area contributed by atoms with Gasteiger partial charge in [-0.1, -0.05) is 57.2 Å². The summed E-state index contributed by atoms with van der Waals surface area (Å²) < 4.78 is 29.0. The zero-order valence-corrected chi connectivity index (χ0v) is 19.4. The van der Waals surface area contributed by atoms with E-state index in [-0.39, 0.29) is 22.2 Å². The van der Waals surface area contributed by atoms with E-state index in [0.717, 1.165) is 16.5 Å². The van der Waals surface area contributed by atoms with Gasteiger partial charge in [-0.15, -0.1) is 0 Å². The van der Waals surface area contributed by atoms with Crippen molar-refractivity contribution in [2.45, 2.75) is 39.2 Å². The van der Waals surface area contributed by atoms with Gasteiger partial charge in [0.2, 0.25) is 0 Å². The first-order valence-electron chi connectivity index (χ1n) is 10.9. The van der Waals surface area contributed by atoms with Crippen LogP contribution in [-0.4, -0.2) is 16.8 Å². The van der Waals surface area contributed by atoms with Crippen molar-refractivity contribution in [3.8, 4) is 0 Å². The highest BCUT2D eigenvalue weighted by Gasteiger charge is 2.48. The van der Waals surface area contributed by atoms with Crippen molar-refractivity contribution in [3.05, 3.63) is 106 Å². The van der Waals surface area contributed by atoms with Crippen molar-refractivity contribution in [2.75, 3.05) is 4.90 Å². The number of carbonyl (C=O) groups is 2. The van der Waals surface area contributed by atoms with Crippen LogP contribution in [0.15, 0.2) is 72.3 Å². The summed E-state index contributed by atoms with van der Waals surface area (Å²) in [6, 6.07) is 15.2. The summed E-state index contributed by atoms with van der Waals surface area (Å²) in [5, 5.41) is 11.4. The van der Waals surface area contributed by atoms with Gasteiger partial charge in [-0.05, 0) is 53.8 Å². The van der Waals surface area contributed by atoms with Crippen LogP contribution < -0.4 is 4.90 Å². The molecule has 1 aliphatic rings. The summed E-state index contributed by atoms with van der Waals surface area (Å²) in [7, 11) is 0. The van der Waals surface area contributed by atoms with E-state index >= 15 is 0 Å². The molecule has 1 heterocycles. The Balaban J connectivity index is 2.01. The van der Waals surface area contributed by atoms with Gasteiger partial charge in [-0.25, -0.2) is 8.78 Å². The Bertz CT molecular complexity index is 1340. The van der Waals surface area contributed by atoms with Crippen LogP contribution in [0.2, 0.25) is 0 Å². The molecule has 4 rings (SSSR count). The summed E-state index contributed by atoms with van der Waals surface area (Å²) in [6.45, 7) is 7.83. The van der Waals surface area contributed by atoms with Crippen molar-refractivity contribution < 1.29 is 23.5 Å². The van der Waals surface area contributed by atoms with Crippen LogP contribution in [0.3, 0.4) is 0 Å². The molecule has 6 heteroatoms. The quantitative estimate of drug-likeness (QED) is 0.287. The third-order valence-corrected chi connectivity index (χ3v) is 6.09. The molecule has 0 aliphatic carbocycles. The van der Waals surface area contributed by atoms with E-state index in [1.165, 1.54) is 36.4 Å². The van der Waals surface area contributed by atoms with Crippen LogP contribution in [0.1, 0.15) is 49.1 Å². The molecule has 0 radical (unpaired) electrons. The highest BCUT2D eigenvalue weighted by Crippen LogP contribution is 2.43. The molecule has 1 unspecified atom stereocenters. The number of hydrogen-bond acceptors (Lipinski definition) is 3. The zero-order valence-electron chi connectivity index (χ0n) is 19.4. The maximum Gasteiger partial charge on any atom is 0.300 e. The van der Waals surface area contributed by atoms with Crippen LogP contribution >= 0.6 is 0 Å². The lowest BCUT2D eigenvalue weighted by Gasteiger charge is -2.26. The molecular formula is C28H25F2NO3. The number of aliphatic hydroxyl groups is 1. The van der Waals surface area contributed by atoms with E-state index in [1.54, 1.807) is 19.1 Å². The molecule has 0 spiro atoms. The summed E-state index contributed by atoms with van der Waals surface area (Å²) in [6.07, 6.45) is 0. The number of nitrogens with zero attached hydrogens (tertiary/aromatic N) is 1. The van der Waals surface area contributed by atoms with E-state index in [0.29, 0.717) is 11.1 Å². The summed E-state index contributed by atoms with van der Waals surface area (Å²) in [5.41, 5.74) is 1.63. The molecule has 1 aliphatic heterocycles. The molecule has 4 nitrogen and oxygen atoms in total. The molecule has 3 aromatic carbocycles. The number of aliphatic hydroxyl groups excluding tert-OH is 1. The molecule has 0 aromatic heterocycles. The topological polar surface area (TPSA) is 57.6 Å². The average molecular weight is 462 g/mol. The third-order valence-electron chi connectivity index (χ3n) is 6.09. The third kappa shape index (κ3) is 4.00. The normalized spacial score (nSPS) is 17.9. The van der Waals surface area contributed by atoms with Crippen molar-refractivity contribution in [2.24, 2.45) is 0 Å². The second-order valence-corrected chi connectivity index (χ2v) is 9.45. The molecule has 174 valence electrons. The lowest BCUT2D eigenvalue weighted by molar-refractivity contribution is -0.132. The van der Waals surface area contributed by atoms with Crippen molar-refractivity contribution >= 4 is 23.1 Å². The van der Waals surface area contributed by atoms with Crippen LogP contribution in [0.5, 0.6) is 0 Å². The monoisotopic (exact) mass is 461 g/mol. The van der Waals surface area contributed by atoms with Crippen LogP contribution in [0.25, 0.3) is 5.76 Å². The lowest BCUT2D eigenvalue weighted by Crippen LogP contribution is -2.30. The Morgan fingerprint density at radius 2 is 1.65 bits per heavy atom. The molecule has 34 heavy (non-hydrogen) atoms. The van der Waals surface area contributed by atoms with Gasteiger partial charge >= 0.3 is 0 Å². The van der Waals surface area contributed by atoms with Crippen molar-refractivity contribution in [3.63, 3.8) is 0 Å². The number of Topliss-reactive ketones (excluding diaryl/α,β-unsaturated/α-hetero) is 1. The second kappa shape index (κ2) is 8.52. The van der Waals surface area contributed by atoms with Crippen molar-refractivity contribution in [1.29, 1.82) is 0 Å². The average Bonchev–Trinajstić information content (AvgIpc) is 3.03. The van der Waals surface area contributed by atoms with Gasteiger partial charge in [0.25, 0.3) is 11.7 Å². The fourth-order valence-corrected chi connectivity index (χ4v) is 4.20. The van der Waals surface area contributed by atoms with E-state index in [9.17, 15) is 23.5 Å². The molecule has 1 saturated heterocycles. The smallest absolute Gasteiger partial charge is 0.300 e. The molecule has 1 fully saturated rings. The highest BCUT2D eigenvalue weighted by atomic mass is 19.1. The molecule has 0 bridgehead atoms. The number of ketones is 1. The summed E-state index contributed by atoms with van der Waals surface area (Å²) in [4.78, 5) is 27.4. The fourth-order valence-electron chi connectivity index (χ4n) is 4.20. The minimum atomic E-state index is -1.26. The second-order valence-electron chi connectivity index (χ2n) is 9.45. The number of rotatable bonds is 3. The standard InChI is InChI=1S/C28H25F2NO3/c1-16-12-13-17(28(2,3)4)14-21(16)25(32)23-24(20-10-5-6-11-22(20)30)31(27(34)26(23)33)19-9-7-8-18(29)15-19/h5-15,24,32H,1-4H3/b25-23+. The number of hydrogen-bond donors (Lipinski definition) is 1. The van der Waals surface area contributed by atoms with E-state index in [1.807, 2.05) is 32.9 Å². The molecule has 0 saturated carbocycles. The maximum atomic E-state index is 15.0.